The molecule has 0 spiro atoms. The molecule has 0 aromatic carbocycles. The van der Waals surface area contributed by atoms with E-state index in [0.717, 1.165) is 12.8 Å². The molecule has 1 amide bonds. The Morgan fingerprint density at radius 1 is 1.00 bits per heavy atom. The van der Waals surface area contributed by atoms with Gasteiger partial charge in [0.05, 0.1) is 0 Å². The summed E-state index contributed by atoms with van der Waals surface area (Å²) >= 11 is 0. The lowest BCUT2D eigenvalue weighted by Gasteiger charge is -2.08. The van der Waals surface area contributed by atoms with Crippen LogP contribution >= 0.6 is 0 Å². The molecule has 23 heavy (non-hydrogen) atoms. The number of rotatable bonds is 14. The van der Waals surface area contributed by atoms with Crippen LogP contribution in [0, 0.1) is 0 Å². The highest BCUT2D eigenvalue weighted by atomic mass is 19.1. The lowest BCUT2D eigenvalue weighted by Crippen LogP contribution is -2.32. The first-order valence-corrected chi connectivity index (χ1v) is 9.47. The molecule has 2 atom stereocenters. The number of allylic oxidation sites excluding steroid dienone is 1. The molecule has 0 aromatic heterocycles. The third-order valence-corrected chi connectivity index (χ3v) is 4.41. The van der Waals surface area contributed by atoms with E-state index >= 15 is 0 Å². The highest BCUT2D eigenvalue weighted by Gasteiger charge is 2.31. The third-order valence-electron chi connectivity index (χ3n) is 4.41. The Kier molecular flexibility index (Phi) is 11.6. The minimum Gasteiger partial charge on any atom is -0.440 e. The smallest absolute Gasteiger partial charge is 0.408 e. The predicted octanol–water partition coefficient (Wildman–Crippen LogP) is 5.69. The van der Waals surface area contributed by atoms with Gasteiger partial charge in [-0.1, -0.05) is 77.2 Å². The summed E-state index contributed by atoms with van der Waals surface area (Å²) in [5, 5.41) is 2.46. The molecule has 0 radical (unpaired) electrons. The minimum absolute atomic E-state index is 0.444. The van der Waals surface area contributed by atoms with Gasteiger partial charge in [0.1, 0.15) is 18.8 Å². The number of halogens is 1. The molecule has 134 valence electrons. The van der Waals surface area contributed by atoms with Gasteiger partial charge in [0.15, 0.2) is 0 Å². The van der Waals surface area contributed by atoms with Gasteiger partial charge < -0.3 is 10.1 Å². The molecule has 1 N–H and O–H groups in total. The third kappa shape index (κ3) is 9.62. The van der Waals surface area contributed by atoms with Gasteiger partial charge in [-0.15, -0.1) is 0 Å². The second kappa shape index (κ2) is 13.4. The normalized spacial score (nSPS) is 20.9. The van der Waals surface area contributed by atoms with Gasteiger partial charge in [-0.25, -0.2) is 9.18 Å². The van der Waals surface area contributed by atoms with E-state index in [1.54, 1.807) is 0 Å². The molecule has 0 bridgehead atoms. The molecule has 1 rings (SSSR count). The van der Waals surface area contributed by atoms with Crippen LogP contribution in [-0.2, 0) is 4.74 Å². The summed E-state index contributed by atoms with van der Waals surface area (Å²) in [4.78, 5) is 11.0. The Labute approximate surface area is 141 Å². The Bertz CT molecular complexity index is 333. The SMILES string of the molecule is CCCCCCCCCCCCC/C=C/[C@H]1OC(=O)N[C@H]1CF. The van der Waals surface area contributed by atoms with Crippen molar-refractivity contribution in [2.24, 2.45) is 0 Å². The number of amides is 1. The molecule has 1 heterocycles. The first kappa shape index (κ1) is 20.0. The van der Waals surface area contributed by atoms with E-state index in [0.29, 0.717) is 0 Å². The first-order chi connectivity index (χ1) is 11.3. The largest absolute Gasteiger partial charge is 0.440 e. The summed E-state index contributed by atoms with van der Waals surface area (Å²) in [5.74, 6) is 0. The summed E-state index contributed by atoms with van der Waals surface area (Å²) < 4.78 is 17.7. The van der Waals surface area contributed by atoms with E-state index in [1.807, 2.05) is 12.2 Å². The van der Waals surface area contributed by atoms with Crippen LogP contribution in [0.3, 0.4) is 0 Å². The van der Waals surface area contributed by atoms with Crippen LogP contribution in [-0.4, -0.2) is 24.9 Å². The Morgan fingerprint density at radius 2 is 1.57 bits per heavy atom. The zero-order valence-corrected chi connectivity index (χ0v) is 14.7. The van der Waals surface area contributed by atoms with Crippen molar-refractivity contribution in [2.75, 3.05) is 6.67 Å². The molecule has 3 nitrogen and oxygen atoms in total. The standard InChI is InChI=1S/C19H34FNO2/c1-2-3-4-5-6-7-8-9-10-11-12-13-14-15-18-17(16-20)21-19(22)23-18/h14-15,17-18H,2-13,16H2,1H3,(H,21,22)/b15-14+/t17-,18+/m0/s1. The lowest BCUT2D eigenvalue weighted by molar-refractivity contribution is 0.150. The number of hydrogen-bond acceptors (Lipinski definition) is 2. The van der Waals surface area contributed by atoms with Crippen LogP contribution in [0.2, 0.25) is 0 Å². The van der Waals surface area contributed by atoms with Gasteiger partial charge in [-0.3, -0.25) is 0 Å². The Balaban J connectivity index is 1.88. The van der Waals surface area contributed by atoms with Crippen molar-refractivity contribution in [2.45, 2.75) is 96.1 Å². The first-order valence-electron chi connectivity index (χ1n) is 9.47. The maximum atomic E-state index is 12.7. The number of nitrogens with one attached hydrogen (secondary N) is 1. The van der Waals surface area contributed by atoms with Crippen molar-refractivity contribution in [3.05, 3.63) is 12.2 Å². The maximum absolute atomic E-state index is 12.7. The monoisotopic (exact) mass is 327 g/mol. The molecule has 0 aliphatic carbocycles. The van der Waals surface area contributed by atoms with Gasteiger partial charge in [-0.05, 0) is 18.9 Å². The van der Waals surface area contributed by atoms with Crippen LogP contribution < -0.4 is 5.32 Å². The van der Waals surface area contributed by atoms with Gasteiger partial charge >= 0.3 is 6.09 Å². The molecule has 1 fully saturated rings. The highest BCUT2D eigenvalue weighted by Crippen LogP contribution is 2.14. The van der Waals surface area contributed by atoms with E-state index in [-0.39, 0.29) is 0 Å². The van der Waals surface area contributed by atoms with Crippen molar-refractivity contribution in [3.63, 3.8) is 0 Å². The summed E-state index contributed by atoms with van der Waals surface area (Å²) in [6.45, 7) is 1.67. The minimum atomic E-state index is -0.584. The summed E-state index contributed by atoms with van der Waals surface area (Å²) in [6, 6.07) is -0.518. The van der Waals surface area contributed by atoms with Crippen LogP contribution in [0.4, 0.5) is 9.18 Å². The molecule has 1 aliphatic rings. The topological polar surface area (TPSA) is 38.3 Å². The summed E-state index contributed by atoms with van der Waals surface area (Å²) in [7, 11) is 0. The van der Waals surface area contributed by atoms with Gasteiger partial charge in [0, 0.05) is 0 Å². The molecule has 0 aromatic rings. The quantitative estimate of drug-likeness (QED) is 0.329. The van der Waals surface area contributed by atoms with E-state index in [4.69, 9.17) is 4.74 Å². The van der Waals surface area contributed by atoms with Crippen LogP contribution in [0.1, 0.15) is 84.0 Å². The fourth-order valence-electron chi connectivity index (χ4n) is 2.93. The number of ether oxygens (including phenoxy) is 1. The molecular weight excluding hydrogens is 293 g/mol. The molecule has 4 heteroatoms. The zero-order valence-electron chi connectivity index (χ0n) is 14.7. The van der Waals surface area contributed by atoms with E-state index in [9.17, 15) is 9.18 Å². The molecule has 1 saturated heterocycles. The van der Waals surface area contributed by atoms with Gasteiger partial charge in [0.2, 0.25) is 0 Å². The maximum Gasteiger partial charge on any atom is 0.408 e. The number of unbranched alkanes of at least 4 members (excludes halogenated alkanes) is 11. The van der Waals surface area contributed by atoms with Crippen LogP contribution in [0.25, 0.3) is 0 Å². The number of alkyl carbamates (subject to hydrolysis) is 1. The number of carbonyl (C=O) groups is 1. The second-order valence-electron chi connectivity index (χ2n) is 6.53. The van der Waals surface area contributed by atoms with Crippen molar-refractivity contribution in [1.82, 2.24) is 5.32 Å². The van der Waals surface area contributed by atoms with Gasteiger partial charge in [0.25, 0.3) is 0 Å². The summed E-state index contributed by atoms with van der Waals surface area (Å²) in [6.07, 6.45) is 18.5. The van der Waals surface area contributed by atoms with E-state index in [1.165, 1.54) is 64.2 Å². The van der Waals surface area contributed by atoms with Crippen molar-refractivity contribution < 1.29 is 13.9 Å². The van der Waals surface area contributed by atoms with E-state index in [2.05, 4.69) is 12.2 Å². The highest BCUT2D eigenvalue weighted by molar-refractivity contribution is 5.70. The second-order valence-corrected chi connectivity index (χ2v) is 6.53. The molecule has 0 saturated carbocycles. The molecule has 0 unspecified atom stereocenters. The number of cyclic esters (lactones) is 1. The Morgan fingerprint density at radius 3 is 2.13 bits per heavy atom. The van der Waals surface area contributed by atoms with Gasteiger partial charge in [-0.2, -0.15) is 0 Å². The predicted molar refractivity (Wildman–Crippen MR) is 93.4 cm³/mol. The van der Waals surface area contributed by atoms with Crippen LogP contribution in [0.5, 0.6) is 0 Å². The lowest BCUT2D eigenvalue weighted by atomic mass is 10.0. The molecular formula is C19H34FNO2. The number of hydrogen-bond donors (Lipinski definition) is 1. The fourth-order valence-corrected chi connectivity index (χ4v) is 2.93. The molecule has 1 aliphatic heterocycles. The number of alkyl halides is 1. The average molecular weight is 327 g/mol. The van der Waals surface area contributed by atoms with Crippen LogP contribution in [0.15, 0.2) is 12.2 Å². The summed E-state index contributed by atoms with van der Waals surface area (Å²) in [5.41, 5.74) is 0. The van der Waals surface area contributed by atoms with Crippen molar-refractivity contribution in [3.8, 4) is 0 Å². The average Bonchev–Trinajstić information content (AvgIpc) is 2.91. The van der Waals surface area contributed by atoms with E-state index < -0.39 is 24.9 Å². The Hall–Kier alpha value is -1.06. The van der Waals surface area contributed by atoms with Crippen molar-refractivity contribution >= 4 is 6.09 Å². The van der Waals surface area contributed by atoms with Crippen molar-refractivity contribution in [1.29, 1.82) is 0 Å². The zero-order chi connectivity index (χ0) is 16.8. The number of carbonyl (C=O) groups excluding carboxylic acids is 1. The fraction of sp³-hybridized carbons (Fsp3) is 0.842.